The summed E-state index contributed by atoms with van der Waals surface area (Å²) in [6, 6.07) is 0. The van der Waals surface area contributed by atoms with Crippen molar-refractivity contribution in [1.29, 1.82) is 0 Å². The molecule has 0 atom stereocenters. The first-order valence-electron chi connectivity index (χ1n) is 2.72. The summed E-state index contributed by atoms with van der Waals surface area (Å²) < 4.78 is 0. The third kappa shape index (κ3) is 4.16. The van der Waals surface area contributed by atoms with Crippen LogP contribution in [0.25, 0.3) is 0 Å². The summed E-state index contributed by atoms with van der Waals surface area (Å²) in [5.41, 5.74) is 0. The van der Waals surface area contributed by atoms with Crippen molar-refractivity contribution < 1.29 is 17.0 Å². The second-order valence-electron chi connectivity index (χ2n) is 2.15. The monoisotopic (exact) mass is 186 g/mol. The fourth-order valence-electron chi connectivity index (χ4n) is 1.01. The largest absolute Gasteiger partial charge is 2.00 e. The molecule has 1 rings (SSSR count). The Morgan fingerprint density at radius 3 is 1.62 bits per heavy atom. The second-order valence-corrected chi connectivity index (χ2v) is 2.15. The molecule has 1 saturated carbocycles. The summed E-state index contributed by atoms with van der Waals surface area (Å²) in [5, 5.41) is 0. The van der Waals surface area contributed by atoms with Gasteiger partial charge in [0.1, 0.15) is 0 Å². The maximum absolute atomic E-state index is 3.94. The van der Waals surface area contributed by atoms with Crippen molar-refractivity contribution in [2.45, 2.75) is 25.7 Å². The summed E-state index contributed by atoms with van der Waals surface area (Å²) in [7, 11) is 0. The molecule has 0 aliphatic heterocycles. The van der Waals surface area contributed by atoms with Crippen LogP contribution < -0.4 is 17.0 Å². The summed E-state index contributed by atoms with van der Waals surface area (Å²) >= 11 is 0. The molecule has 0 nitrogen and oxygen atoms in total. The van der Waals surface area contributed by atoms with E-state index >= 15 is 0 Å². The Labute approximate surface area is 78.3 Å². The van der Waals surface area contributed by atoms with Gasteiger partial charge in [0.2, 0.25) is 0 Å². The third-order valence-electron chi connectivity index (χ3n) is 1.47. The minimum absolute atomic E-state index is 0. The normalized spacial score (nSPS) is 19.1. The van der Waals surface area contributed by atoms with Crippen LogP contribution in [0.15, 0.2) is 0 Å². The van der Waals surface area contributed by atoms with Crippen LogP contribution in [0.3, 0.4) is 0 Å². The number of rotatable bonds is 0. The molecule has 0 aromatic rings. The molecule has 0 N–H and O–H groups in total. The van der Waals surface area contributed by atoms with Crippen molar-refractivity contribution in [2.75, 3.05) is 0 Å². The first-order chi connectivity index (χ1) is 2.89. The fraction of sp³-hybridized carbons (Fsp3) is 0.833. The Morgan fingerprint density at radius 1 is 1.12 bits per heavy atom. The zero-order chi connectivity index (χ0) is 4.41. The van der Waals surface area contributed by atoms with Gasteiger partial charge in [0.25, 0.3) is 0 Å². The van der Waals surface area contributed by atoms with Gasteiger partial charge in [-0.25, -0.2) is 0 Å². The molecular weight excluding hydrogens is 176 g/mol. The molecule has 0 unspecified atom stereocenters. The topological polar surface area (TPSA) is 0 Å². The van der Waals surface area contributed by atoms with Crippen molar-refractivity contribution in [2.24, 2.45) is 5.92 Å². The van der Waals surface area contributed by atoms with Crippen LogP contribution >= 0.6 is 0 Å². The Hall–Kier alpha value is 1.25. The Kier molecular flexibility index (Phi) is 9.53. The predicted octanol–water partition coefficient (Wildman–Crippen LogP) is -1.37. The summed E-state index contributed by atoms with van der Waals surface area (Å²) in [6.07, 6.45) is 5.60. The Bertz CT molecular complexity index is 41.8. The van der Waals surface area contributed by atoms with Gasteiger partial charge in [-0.15, -0.1) is 0 Å². The van der Waals surface area contributed by atoms with E-state index in [1.54, 1.807) is 0 Å². The van der Waals surface area contributed by atoms with Crippen LogP contribution in [-0.2, 0) is 0 Å². The van der Waals surface area contributed by atoms with E-state index in [-0.39, 0.29) is 40.0 Å². The Morgan fingerprint density at radius 2 is 1.50 bits per heavy atom. The quantitative estimate of drug-likeness (QED) is 0.324. The third-order valence-corrected chi connectivity index (χ3v) is 1.47. The van der Waals surface area contributed by atoms with Crippen molar-refractivity contribution in [3.63, 3.8) is 0 Å². The first kappa shape index (κ1) is 12.0. The van der Waals surface area contributed by atoms with Gasteiger partial charge in [0.15, 0.2) is 0 Å². The molecule has 0 bridgehead atoms. The minimum atomic E-state index is 0. The molecule has 1 aliphatic carbocycles. The average Bonchev–Trinajstić information content (AvgIpc) is 1.86. The minimum Gasteiger partial charge on any atom is -1.00 e. The van der Waals surface area contributed by atoms with E-state index in [1.807, 2.05) is 0 Å². The van der Waals surface area contributed by atoms with Crippen LogP contribution in [0.5, 0.6) is 0 Å². The smallest absolute Gasteiger partial charge is 1.00 e. The molecule has 0 amide bonds. The molecular formula is C6H11BrMg. The summed E-state index contributed by atoms with van der Waals surface area (Å²) in [6.45, 7) is 3.94. The van der Waals surface area contributed by atoms with Gasteiger partial charge in [0.05, 0.1) is 0 Å². The molecule has 0 aromatic heterocycles. The molecule has 0 spiro atoms. The fourth-order valence-corrected chi connectivity index (χ4v) is 1.01. The molecule has 0 saturated heterocycles. The number of halogens is 1. The van der Waals surface area contributed by atoms with Gasteiger partial charge in [-0.2, -0.15) is 5.92 Å². The van der Waals surface area contributed by atoms with Crippen LogP contribution in [0.4, 0.5) is 0 Å². The van der Waals surface area contributed by atoms with Crippen LogP contribution in [0, 0.1) is 12.8 Å². The summed E-state index contributed by atoms with van der Waals surface area (Å²) in [4.78, 5) is 0. The van der Waals surface area contributed by atoms with E-state index in [9.17, 15) is 0 Å². The van der Waals surface area contributed by atoms with E-state index in [1.165, 1.54) is 25.7 Å². The van der Waals surface area contributed by atoms with Crippen molar-refractivity contribution >= 4 is 23.1 Å². The molecule has 0 radical (unpaired) electrons. The predicted molar refractivity (Wildman–Crippen MR) is 33.1 cm³/mol. The van der Waals surface area contributed by atoms with E-state index in [0.29, 0.717) is 0 Å². The van der Waals surface area contributed by atoms with Gasteiger partial charge in [-0.1, -0.05) is 25.7 Å². The van der Waals surface area contributed by atoms with Gasteiger partial charge >= 0.3 is 23.1 Å². The Balaban J connectivity index is 0. The van der Waals surface area contributed by atoms with Crippen molar-refractivity contribution in [3.05, 3.63) is 6.92 Å². The average molecular weight is 187 g/mol. The van der Waals surface area contributed by atoms with Crippen molar-refractivity contribution in [1.82, 2.24) is 0 Å². The van der Waals surface area contributed by atoms with Gasteiger partial charge in [-0.3, -0.25) is 0 Å². The van der Waals surface area contributed by atoms with Gasteiger partial charge in [-0.05, 0) is 0 Å². The molecule has 0 heterocycles. The number of hydrogen-bond acceptors (Lipinski definition) is 0. The second kappa shape index (κ2) is 6.37. The number of hydrogen-bond donors (Lipinski definition) is 0. The zero-order valence-corrected chi connectivity index (χ0v) is 8.20. The van der Waals surface area contributed by atoms with E-state index in [0.717, 1.165) is 5.92 Å². The first-order valence-corrected chi connectivity index (χ1v) is 2.72. The molecule has 44 valence electrons. The molecule has 0 aromatic carbocycles. The van der Waals surface area contributed by atoms with E-state index < -0.39 is 0 Å². The zero-order valence-electron chi connectivity index (χ0n) is 5.20. The maximum atomic E-state index is 3.94. The van der Waals surface area contributed by atoms with Crippen LogP contribution in [-0.4, -0.2) is 23.1 Å². The standard InChI is InChI=1S/C6H11.BrH.Mg/c1-6-4-2-3-5-6;;/h6H,1-5H2;1H;/q-1;;+2/p-1. The van der Waals surface area contributed by atoms with Crippen LogP contribution in [0.1, 0.15) is 25.7 Å². The van der Waals surface area contributed by atoms with Crippen LogP contribution in [0.2, 0.25) is 0 Å². The van der Waals surface area contributed by atoms with E-state index in [4.69, 9.17) is 0 Å². The SMILES string of the molecule is [Br-].[CH2-]C1CCCC1.[Mg+2]. The van der Waals surface area contributed by atoms with Gasteiger partial charge < -0.3 is 23.9 Å². The van der Waals surface area contributed by atoms with Crippen molar-refractivity contribution in [3.8, 4) is 0 Å². The summed E-state index contributed by atoms with van der Waals surface area (Å²) in [5.74, 6) is 0.796. The maximum Gasteiger partial charge on any atom is 2.00 e. The molecule has 2 heteroatoms. The van der Waals surface area contributed by atoms with E-state index in [2.05, 4.69) is 6.92 Å². The molecule has 8 heavy (non-hydrogen) atoms. The van der Waals surface area contributed by atoms with Gasteiger partial charge in [0, 0.05) is 0 Å². The molecule has 1 aliphatic rings. The molecule has 1 fully saturated rings.